The number of imidazole rings is 1. The normalized spacial score (nSPS) is 11.9. The molecule has 0 N–H and O–H groups in total. The maximum Gasteiger partial charge on any atom is 0.433 e. The van der Waals surface area contributed by atoms with E-state index in [2.05, 4.69) is 4.98 Å². The SMILES string of the molecule is FC(F)(F)c1cnc2ccc(-c3ccccc3)cn12. The maximum absolute atomic E-state index is 12.8. The molecular formula is C14H9F3N2. The molecule has 0 aliphatic rings. The summed E-state index contributed by atoms with van der Waals surface area (Å²) in [6.07, 6.45) is -2.10. The Morgan fingerprint density at radius 3 is 2.32 bits per heavy atom. The first-order valence-corrected chi connectivity index (χ1v) is 5.65. The van der Waals surface area contributed by atoms with Crippen molar-refractivity contribution in [1.29, 1.82) is 0 Å². The first-order valence-electron chi connectivity index (χ1n) is 5.65. The molecule has 0 aliphatic heterocycles. The van der Waals surface area contributed by atoms with Crippen LogP contribution in [0, 0.1) is 0 Å². The summed E-state index contributed by atoms with van der Waals surface area (Å²) in [6.45, 7) is 0. The van der Waals surface area contributed by atoms with E-state index < -0.39 is 11.9 Å². The Morgan fingerprint density at radius 2 is 1.63 bits per heavy atom. The van der Waals surface area contributed by atoms with Crippen LogP contribution in [0.15, 0.2) is 54.9 Å². The third-order valence-electron chi connectivity index (χ3n) is 2.90. The Kier molecular flexibility index (Phi) is 2.55. The van der Waals surface area contributed by atoms with E-state index in [9.17, 15) is 13.2 Å². The van der Waals surface area contributed by atoms with Gasteiger partial charge in [-0.05, 0) is 23.3 Å². The number of rotatable bonds is 1. The number of alkyl halides is 3. The fourth-order valence-electron chi connectivity index (χ4n) is 1.99. The van der Waals surface area contributed by atoms with Crippen molar-refractivity contribution in [1.82, 2.24) is 9.38 Å². The summed E-state index contributed by atoms with van der Waals surface area (Å²) in [5.41, 5.74) is 1.11. The van der Waals surface area contributed by atoms with Gasteiger partial charge < -0.3 is 0 Å². The van der Waals surface area contributed by atoms with E-state index in [1.54, 1.807) is 12.1 Å². The van der Waals surface area contributed by atoms with Gasteiger partial charge in [0.1, 0.15) is 11.3 Å². The number of aromatic nitrogens is 2. The van der Waals surface area contributed by atoms with Crippen LogP contribution in [-0.2, 0) is 6.18 Å². The van der Waals surface area contributed by atoms with E-state index in [4.69, 9.17) is 0 Å². The van der Waals surface area contributed by atoms with Crippen LogP contribution in [0.4, 0.5) is 13.2 Å². The van der Waals surface area contributed by atoms with Crippen LogP contribution in [-0.4, -0.2) is 9.38 Å². The van der Waals surface area contributed by atoms with Gasteiger partial charge in [-0.25, -0.2) is 4.98 Å². The monoisotopic (exact) mass is 262 g/mol. The average Bonchev–Trinajstić information content (AvgIpc) is 2.82. The van der Waals surface area contributed by atoms with E-state index in [0.717, 1.165) is 21.7 Å². The second-order valence-corrected chi connectivity index (χ2v) is 4.15. The standard InChI is InChI=1S/C14H9F3N2/c15-14(16,17)12-8-18-13-7-6-11(9-19(12)13)10-4-2-1-3-5-10/h1-9H. The van der Waals surface area contributed by atoms with E-state index in [-0.39, 0.29) is 5.65 Å². The number of benzene rings is 1. The lowest BCUT2D eigenvalue weighted by molar-refractivity contribution is -0.141. The van der Waals surface area contributed by atoms with Crippen LogP contribution in [0.1, 0.15) is 5.69 Å². The molecule has 3 rings (SSSR count). The van der Waals surface area contributed by atoms with Crippen molar-refractivity contribution in [2.45, 2.75) is 6.18 Å². The van der Waals surface area contributed by atoms with Crippen LogP contribution < -0.4 is 0 Å². The van der Waals surface area contributed by atoms with Crippen molar-refractivity contribution < 1.29 is 13.2 Å². The van der Waals surface area contributed by atoms with Gasteiger partial charge in [0.05, 0.1) is 6.20 Å². The van der Waals surface area contributed by atoms with Gasteiger partial charge in [-0.2, -0.15) is 13.2 Å². The first-order chi connectivity index (χ1) is 9.05. The zero-order valence-corrected chi connectivity index (χ0v) is 9.72. The minimum absolute atomic E-state index is 0.284. The highest BCUT2D eigenvalue weighted by Crippen LogP contribution is 2.30. The van der Waals surface area contributed by atoms with Crippen LogP contribution in [0.2, 0.25) is 0 Å². The molecule has 5 heteroatoms. The predicted molar refractivity (Wildman–Crippen MR) is 65.6 cm³/mol. The van der Waals surface area contributed by atoms with Gasteiger partial charge in [-0.1, -0.05) is 30.3 Å². The van der Waals surface area contributed by atoms with E-state index in [1.165, 1.54) is 6.20 Å². The van der Waals surface area contributed by atoms with Gasteiger partial charge in [0.2, 0.25) is 0 Å². The van der Waals surface area contributed by atoms with Gasteiger partial charge in [0, 0.05) is 6.20 Å². The fourth-order valence-corrected chi connectivity index (χ4v) is 1.99. The fraction of sp³-hybridized carbons (Fsp3) is 0.0714. The Balaban J connectivity index is 2.20. The van der Waals surface area contributed by atoms with E-state index in [0.29, 0.717) is 0 Å². The Hall–Kier alpha value is -2.30. The van der Waals surface area contributed by atoms with Crippen molar-refractivity contribution in [3.05, 3.63) is 60.6 Å². The third kappa shape index (κ3) is 2.07. The summed E-state index contributed by atoms with van der Waals surface area (Å²) in [6, 6.07) is 12.6. The van der Waals surface area contributed by atoms with Gasteiger partial charge in [-0.3, -0.25) is 4.40 Å². The molecule has 96 valence electrons. The smallest absolute Gasteiger partial charge is 0.295 e. The molecule has 0 amide bonds. The molecule has 2 aromatic heterocycles. The first kappa shape index (κ1) is 11.8. The topological polar surface area (TPSA) is 17.3 Å². The highest BCUT2D eigenvalue weighted by atomic mass is 19.4. The highest BCUT2D eigenvalue weighted by molar-refractivity contribution is 5.64. The van der Waals surface area contributed by atoms with Gasteiger partial charge >= 0.3 is 6.18 Å². The van der Waals surface area contributed by atoms with Gasteiger partial charge in [0.15, 0.2) is 0 Å². The van der Waals surface area contributed by atoms with E-state index in [1.807, 2.05) is 30.3 Å². The van der Waals surface area contributed by atoms with Crippen LogP contribution in [0.3, 0.4) is 0 Å². The summed E-state index contributed by atoms with van der Waals surface area (Å²) >= 11 is 0. The van der Waals surface area contributed by atoms with Crippen LogP contribution in [0.5, 0.6) is 0 Å². The molecule has 3 aromatic rings. The zero-order valence-electron chi connectivity index (χ0n) is 9.72. The molecule has 1 aromatic carbocycles. The zero-order chi connectivity index (χ0) is 13.5. The minimum atomic E-state index is -4.41. The summed E-state index contributed by atoms with van der Waals surface area (Å²) in [5, 5.41) is 0. The summed E-state index contributed by atoms with van der Waals surface area (Å²) in [5.74, 6) is 0. The number of pyridine rings is 1. The second kappa shape index (κ2) is 4.12. The number of fused-ring (bicyclic) bond motifs is 1. The molecule has 0 saturated heterocycles. The maximum atomic E-state index is 12.8. The molecule has 2 nitrogen and oxygen atoms in total. The number of hydrogen-bond acceptors (Lipinski definition) is 1. The molecule has 0 atom stereocenters. The number of hydrogen-bond donors (Lipinski definition) is 0. The van der Waals surface area contributed by atoms with Crippen molar-refractivity contribution in [3.8, 4) is 11.1 Å². The average molecular weight is 262 g/mol. The molecule has 0 unspecified atom stereocenters. The van der Waals surface area contributed by atoms with Gasteiger partial charge in [0.25, 0.3) is 0 Å². The lowest BCUT2D eigenvalue weighted by Crippen LogP contribution is -2.08. The summed E-state index contributed by atoms with van der Waals surface area (Å²) in [7, 11) is 0. The molecule has 0 spiro atoms. The summed E-state index contributed by atoms with van der Waals surface area (Å²) in [4.78, 5) is 3.76. The Labute approximate surface area is 107 Å². The predicted octanol–water partition coefficient (Wildman–Crippen LogP) is 4.02. The molecule has 0 radical (unpaired) electrons. The summed E-state index contributed by atoms with van der Waals surface area (Å²) < 4.78 is 39.5. The Morgan fingerprint density at radius 1 is 0.895 bits per heavy atom. The van der Waals surface area contributed by atoms with Crippen molar-refractivity contribution in [2.75, 3.05) is 0 Å². The lowest BCUT2D eigenvalue weighted by Gasteiger charge is -2.07. The number of nitrogens with zero attached hydrogens (tertiary/aromatic N) is 2. The molecule has 19 heavy (non-hydrogen) atoms. The largest absolute Gasteiger partial charge is 0.433 e. The lowest BCUT2D eigenvalue weighted by atomic mass is 10.1. The Bertz CT molecular complexity index is 714. The van der Waals surface area contributed by atoms with Crippen LogP contribution in [0.25, 0.3) is 16.8 Å². The minimum Gasteiger partial charge on any atom is -0.295 e. The van der Waals surface area contributed by atoms with E-state index >= 15 is 0 Å². The molecule has 0 bridgehead atoms. The number of halogens is 3. The highest BCUT2D eigenvalue weighted by Gasteiger charge is 2.34. The molecule has 0 fully saturated rings. The third-order valence-corrected chi connectivity index (χ3v) is 2.90. The quantitative estimate of drug-likeness (QED) is 0.647. The molecule has 0 saturated carbocycles. The van der Waals surface area contributed by atoms with Crippen molar-refractivity contribution in [2.24, 2.45) is 0 Å². The second-order valence-electron chi connectivity index (χ2n) is 4.15. The molecule has 0 aliphatic carbocycles. The van der Waals surface area contributed by atoms with Crippen molar-refractivity contribution in [3.63, 3.8) is 0 Å². The van der Waals surface area contributed by atoms with Gasteiger partial charge in [-0.15, -0.1) is 0 Å². The molecular weight excluding hydrogens is 253 g/mol. The molecule has 2 heterocycles. The van der Waals surface area contributed by atoms with Crippen molar-refractivity contribution >= 4 is 5.65 Å². The van der Waals surface area contributed by atoms with Crippen LogP contribution >= 0.6 is 0 Å².